The first-order valence-electron chi connectivity index (χ1n) is 3.57. The van der Waals surface area contributed by atoms with Crippen LogP contribution in [0.5, 0.6) is 0 Å². The minimum Gasteiger partial charge on any atom is -0.362 e. The summed E-state index contributed by atoms with van der Waals surface area (Å²) in [6.45, 7) is 0. The van der Waals surface area contributed by atoms with Gasteiger partial charge in [-0.05, 0) is 6.07 Å². The molecule has 0 N–H and O–H groups in total. The number of hydrogen-bond donors (Lipinski definition) is 0. The summed E-state index contributed by atoms with van der Waals surface area (Å²) in [5.41, 5.74) is -0.0787. The third kappa shape index (κ3) is 1.82. The Bertz CT molecular complexity index is 346. The van der Waals surface area contributed by atoms with Gasteiger partial charge in [-0.25, -0.2) is 8.78 Å². The summed E-state index contributed by atoms with van der Waals surface area (Å²) in [7, 11) is 1.26. The first-order chi connectivity index (χ1) is 6.20. The first-order valence-corrected chi connectivity index (χ1v) is 3.57. The molecule has 0 aromatic heterocycles. The van der Waals surface area contributed by atoms with Crippen molar-refractivity contribution in [3.8, 4) is 6.07 Å². The van der Waals surface area contributed by atoms with Crippen LogP contribution in [0.25, 0.3) is 0 Å². The van der Waals surface area contributed by atoms with Crippen molar-refractivity contribution in [3.63, 3.8) is 0 Å². The van der Waals surface area contributed by atoms with Gasteiger partial charge in [0.15, 0.2) is 17.7 Å². The van der Waals surface area contributed by atoms with E-state index in [0.717, 1.165) is 6.07 Å². The van der Waals surface area contributed by atoms with Crippen molar-refractivity contribution >= 4 is 0 Å². The third-order valence-electron chi connectivity index (χ3n) is 1.62. The zero-order valence-electron chi connectivity index (χ0n) is 6.92. The van der Waals surface area contributed by atoms with Crippen molar-refractivity contribution < 1.29 is 13.5 Å². The van der Waals surface area contributed by atoms with Gasteiger partial charge >= 0.3 is 0 Å². The Hall–Kier alpha value is -1.47. The molecule has 0 aliphatic carbocycles. The highest BCUT2D eigenvalue weighted by molar-refractivity contribution is 5.25. The van der Waals surface area contributed by atoms with Gasteiger partial charge in [0.2, 0.25) is 0 Å². The predicted octanol–water partition coefficient (Wildman–Crippen LogP) is 2.18. The highest BCUT2D eigenvalue weighted by Crippen LogP contribution is 2.20. The number of ether oxygens (including phenoxy) is 1. The second-order valence-corrected chi connectivity index (χ2v) is 2.39. The molecular weight excluding hydrogens is 176 g/mol. The van der Waals surface area contributed by atoms with E-state index in [1.54, 1.807) is 6.07 Å². The predicted molar refractivity (Wildman–Crippen MR) is 41.7 cm³/mol. The Labute approximate surface area is 74.4 Å². The minimum absolute atomic E-state index is 0.0787. The summed E-state index contributed by atoms with van der Waals surface area (Å²) in [5.74, 6) is -2.01. The molecule has 0 aliphatic rings. The van der Waals surface area contributed by atoms with Gasteiger partial charge in [-0.15, -0.1) is 0 Å². The molecule has 0 aliphatic heterocycles. The maximum Gasteiger partial charge on any atom is 0.171 e. The lowest BCUT2D eigenvalue weighted by Gasteiger charge is -2.07. The molecule has 0 fully saturated rings. The van der Waals surface area contributed by atoms with Crippen LogP contribution in [-0.4, -0.2) is 7.11 Å². The number of benzene rings is 1. The number of hydrogen-bond acceptors (Lipinski definition) is 2. The average molecular weight is 183 g/mol. The Balaban J connectivity index is 3.15. The van der Waals surface area contributed by atoms with Gasteiger partial charge in [-0.3, -0.25) is 0 Å². The van der Waals surface area contributed by atoms with Crippen LogP contribution >= 0.6 is 0 Å². The normalized spacial score (nSPS) is 12.2. The molecular formula is C9H7F2NO. The quantitative estimate of drug-likeness (QED) is 0.703. The Morgan fingerprint density at radius 2 is 2.15 bits per heavy atom. The lowest BCUT2D eigenvalue weighted by atomic mass is 10.1. The number of nitriles is 1. The molecule has 1 aromatic rings. The topological polar surface area (TPSA) is 33.0 Å². The molecule has 1 unspecified atom stereocenters. The highest BCUT2D eigenvalue weighted by Gasteiger charge is 2.16. The summed E-state index contributed by atoms with van der Waals surface area (Å²) in [5, 5.41) is 8.53. The van der Waals surface area contributed by atoms with Crippen molar-refractivity contribution in [2.75, 3.05) is 7.11 Å². The summed E-state index contributed by atoms with van der Waals surface area (Å²) in [6.07, 6.45) is -1.06. The van der Waals surface area contributed by atoms with Gasteiger partial charge in [0.05, 0.1) is 6.07 Å². The van der Waals surface area contributed by atoms with Crippen LogP contribution < -0.4 is 0 Å². The second kappa shape index (κ2) is 3.97. The number of halogens is 2. The molecule has 68 valence electrons. The minimum atomic E-state index is -1.06. The van der Waals surface area contributed by atoms with Crippen LogP contribution in [0.3, 0.4) is 0 Å². The van der Waals surface area contributed by atoms with Crippen LogP contribution in [0, 0.1) is 23.0 Å². The SMILES string of the molecule is COC(C#N)c1cccc(F)c1F. The lowest BCUT2D eigenvalue weighted by molar-refractivity contribution is 0.144. The summed E-state index contributed by atoms with van der Waals surface area (Å²) >= 11 is 0. The number of rotatable bonds is 2. The van der Waals surface area contributed by atoms with Crippen LogP contribution in [0.2, 0.25) is 0 Å². The molecule has 0 amide bonds. The standard InChI is InChI=1S/C9H7F2NO/c1-13-8(5-12)6-3-2-4-7(10)9(6)11/h2-4,8H,1H3. The molecule has 4 heteroatoms. The third-order valence-corrected chi connectivity index (χ3v) is 1.62. The van der Waals surface area contributed by atoms with Gasteiger partial charge in [0.25, 0.3) is 0 Å². The van der Waals surface area contributed by atoms with E-state index in [1.807, 2.05) is 0 Å². The second-order valence-electron chi connectivity index (χ2n) is 2.39. The van der Waals surface area contributed by atoms with E-state index in [1.165, 1.54) is 19.2 Å². The molecule has 0 heterocycles. The van der Waals surface area contributed by atoms with Crippen molar-refractivity contribution in [2.24, 2.45) is 0 Å². The maximum absolute atomic E-state index is 13.0. The molecule has 0 bridgehead atoms. The zero-order valence-corrected chi connectivity index (χ0v) is 6.92. The van der Waals surface area contributed by atoms with Crippen LogP contribution in [0.1, 0.15) is 11.7 Å². The van der Waals surface area contributed by atoms with Crippen LogP contribution in [-0.2, 0) is 4.74 Å². The monoisotopic (exact) mass is 183 g/mol. The zero-order chi connectivity index (χ0) is 9.84. The fourth-order valence-corrected chi connectivity index (χ4v) is 0.972. The molecule has 0 saturated carbocycles. The molecule has 2 nitrogen and oxygen atoms in total. The van der Waals surface area contributed by atoms with Crippen molar-refractivity contribution in [2.45, 2.75) is 6.10 Å². The molecule has 0 radical (unpaired) electrons. The Morgan fingerprint density at radius 1 is 1.46 bits per heavy atom. The van der Waals surface area contributed by atoms with E-state index >= 15 is 0 Å². The Morgan fingerprint density at radius 3 is 2.69 bits per heavy atom. The van der Waals surface area contributed by atoms with Crippen molar-refractivity contribution in [3.05, 3.63) is 35.4 Å². The van der Waals surface area contributed by atoms with E-state index in [2.05, 4.69) is 4.74 Å². The molecule has 1 aromatic carbocycles. The lowest BCUT2D eigenvalue weighted by Crippen LogP contribution is -2.02. The average Bonchev–Trinajstić information content (AvgIpc) is 2.14. The summed E-state index contributed by atoms with van der Waals surface area (Å²) in [6, 6.07) is 5.34. The maximum atomic E-state index is 13.0. The molecule has 0 spiro atoms. The van der Waals surface area contributed by atoms with Gasteiger partial charge in [0, 0.05) is 12.7 Å². The summed E-state index contributed by atoms with van der Waals surface area (Å²) in [4.78, 5) is 0. The molecule has 0 saturated heterocycles. The number of methoxy groups -OCH3 is 1. The fourth-order valence-electron chi connectivity index (χ4n) is 0.972. The smallest absolute Gasteiger partial charge is 0.171 e. The molecule has 13 heavy (non-hydrogen) atoms. The van der Waals surface area contributed by atoms with Gasteiger partial charge in [-0.2, -0.15) is 5.26 Å². The van der Waals surface area contributed by atoms with Gasteiger partial charge < -0.3 is 4.74 Å². The molecule has 1 atom stereocenters. The molecule has 1 rings (SSSR count). The van der Waals surface area contributed by atoms with Crippen LogP contribution in [0.15, 0.2) is 18.2 Å². The van der Waals surface area contributed by atoms with E-state index in [9.17, 15) is 8.78 Å². The van der Waals surface area contributed by atoms with Crippen molar-refractivity contribution in [1.29, 1.82) is 5.26 Å². The van der Waals surface area contributed by atoms with E-state index in [4.69, 9.17) is 5.26 Å². The van der Waals surface area contributed by atoms with E-state index in [0.29, 0.717) is 0 Å². The van der Waals surface area contributed by atoms with Crippen molar-refractivity contribution in [1.82, 2.24) is 0 Å². The van der Waals surface area contributed by atoms with E-state index in [-0.39, 0.29) is 5.56 Å². The van der Waals surface area contributed by atoms with E-state index < -0.39 is 17.7 Å². The first kappa shape index (κ1) is 9.62. The number of nitrogens with zero attached hydrogens (tertiary/aromatic N) is 1. The van der Waals surface area contributed by atoms with Gasteiger partial charge in [0.1, 0.15) is 0 Å². The largest absolute Gasteiger partial charge is 0.362 e. The fraction of sp³-hybridized carbons (Fsp3) is 0.222. The Kier molecular flexibility index (Phi) is 2.93. The highest BCUT2D eigenvalue weighted by atomic mass is 19.2. The summed E-state index contributed by atoms with van der Waals surface area (Å²) < 4.78 is 30.3. The van der Waals surface area contributed by atoms with Gasteiger partial charge in [-0.1, -0.05) is 12.1 Å². The van der Waals surface area contributed by atoms with Crippen LogP contribution in [0.4, 0.5) is 8.78 Å².